The summed E-state index contributed by atoms with van der Waals surface area (Å²) in [6.07, 6.45) is 3.91. The summed E-state index contributed by atoms with van der Waals surface area (Å²) in [7, 11) is 0. The number of allylic oxidation sites excluding steroid dienone is 2. The van der Waals surface area contributed by atoms with Gasteiger partial charge in [-0.1, -0.05) is 18.6 Å². The number of benzene rings is 1. The maximum absolute atomic E-state index is 9.83. The Bertz CT molecular complexity index is 547. The van der Waals surface area contributed by atoms with Gasteiger partial charge in [0.25, 0.3) is 0 Å². The van der Waals surface area contributed by atoms with E-state index in [0.29, 0.717) is 35.8 Å². The lowest BCUT2D eigenvalue weighted by atomic mass is 9.93. The molecular weight excluding hydrogens is 292 g/mol. The fraction of sp³-hybridized carbons (Fsp3) is 0.579. The first-order chi connectivity index (χ1) is 11.0. The van der Waals surface area contributed by atoms with Crippen molar-refractivity contribution >= 4 is 0 Å². The Labute approximate surface area is 139 Å². The molecule has 1 aromatic carbocycles. The normalized spacial score (nSPS) is 11.7. The molecule has 2 N–H and O–H groups in total. The van der Waals surface area contributed by atoms with E-state index in [2.05, 4.69) is 19.9 Å². The summed E-state index contributed by atoms with van der Waals surface area (Å²) in [6.45, 7) is 10.7. The first-order valence-corrected chi connectivity index (χ1v) is 8.35. The fourth-order valence-corrected chi connectivity index (χ4v) is 2.65. The molecule has 0 amide bonds. The lowest BCUT2D eigenvalue weighted by Gasteiger charge is -2.23. The highest BCUT2D eigenvalue weighted by Gasteiger charge is 2.22. The minimum atomic E-state index is -0.185. The molecule has 0 radical (unpaired) electrons. The molecule has 0 aromatic heterocycles. The van der Waals surface area contributed by atoms with Gasteiger partial charge in [-0.05, 0) is 46.1 Å². The Morgan fingerprint density at radius 1 is 0.913 bits per heavy atom. The minimum Gasteiger partial charge on any atom is -0.493 e. The molecule has 0 aliphatic carbocycles. The summed E-state index contributed by atoms with van der Waals surface area (Å²) in [5.41, 5.74) is 4.54. The van der Waals surface area contributed by atoms with Crippen LogP contribution in [0.2, 0.25) is 0 Å². The highest BCUT2D eigenvalue weighted by atomic mass is 16.5. The summed E-state index contributed by atoms with van der Waals surface area (Å²) in [5.74, 6) is 1.35. The molecule has 1 rings (SSSR count). The summed E-state index contributed by atoms with van der Waals surface area (Å²) in [6, 6.07) is 0. The average molecular weight is 322 g/mol. The van der Waals surface area contributed by atoms with Gasteiger partial charge in [-0.3, -0.25) is 0 Å². The Hall–Kier alpha value is -1.52. The predicted molar refractivity (Wildman–Crippen MR) is 93.1 cm³/mol. The Balaban J connectivity index is 3.58. The van der Waals surface area contributed by atoms with Crippen molar-refractivity contribution in [3.05, 3.63) is 33.9 Å². The van der Waals surface area contributed by atoms with Gasteiger partial charge in [-0.25, -0.2) is 0 Å². The number of hydrogen-bond acceptors (Lipinski definition) is 4. The highest BCUT2D eigenvalue weighted by molar-refractivity contribution is 5.59. The molecule has 0 aliphatic heterocycles. The second kappa shape index (κ2) is 9.58. The predicted octanol–water partition coefficient (Wildman–Crippen LogP) is 3.68. The van der Waals surface area contributed by atoms with E-state index in [4.69, 9.17) is 9.47 Å². The Morgan fingerprint density at radius 3 is 1.91 bits per heavy atom. The molecule has 0 heterocycles. The molecular formula is C19H30O4. The number of hydrogen-bond donors (Lipinski definition) is 2. The molecule has 0 unspecified atom stereocenters. The van der Waals surface area contributed by atoms with Gasteiger partial charge in [0.1, 0.15) is 11.5 Å². The van der Waals surface area contributed by atoms with Crippen molar-refractivity contribution in [3.63, 3.8) is 0 Å². The van der Waals surface area contributed by atoms with E-state index in [1.54, 1.807) is 0 Å². The molecule has 0 spiro atoms. The minimum absolute atomic E-state index is 0.184. The van der Waals surface area contributed by atoms with Gasteiger partial charge in [-0.15, -0.1) is 0 Å². The van der Waals surface area contributed by atoms with E-state index in [9.17, 15) is 10.2 Å². The quantitative estimate of drug-likeness (QED) is 0.681. The van der Waals surface area contributed by atoms with Crippen LogP contribution in [-0.2, 0) is 19.6 Å². The van der Waals surface area contributed by atoms with Gasteiger partial charge < -0.3 is 19.7 Å². The number of aliphatic hydroxyl groups excluding tert-OH is 2. The van der Waals surface area contributed by atoms with Crippen LogP contribution in [0.1, 0.15) is 56.4 Å². The summed E-state index contributed by atoms with van der Waals surface area (Å²) >= 11 is 0. The molecule has 4 nitrogen and oxygen atoms in total. The molecule has 0 bridgehead atoms. The van der Waals surface area contributed by atoms with Crippen LogP contribution in [0, 0.1) is 6.92 Å². The summed E-state index contributed by atoms with van der Waals surface area (Å²) in [4.78, 5) is 0. The zero-order chi connectivity index (χ0) is 17.4. The van der Waals surface area contributed by atoms with E-state index in [1.165, 1.54) is 5.57 Å². The van der Waals surface area contributed by atoms with Crippen LogP contribution in [-0.4, -0.2) is 23.4 Å². The SMILES string of the molecule is CCOc1c(C)c(C/C=C(\C)CC)c(OCC)c(CO)c1CO. The van der Waals surface area contributed by atoms with Crippen LogP contribution >= 0.6 is 0 Å². The highest BCUT2D eigenvalue weighted by Crippen LogP contribution is 2.39. The van der Waals surface area contributed by atoms with Crippen molar-refractivity contribution in [1.82, 2.24) is 0 Å². The molecule has 4 heteroatoms. The van der Waals surface area contributed by atoms with Gasteiger partial charge in [0.2, 0.25) is 0 Å². The fourth-order valence-electron chi connectivity index (χ4n) is 2.65. The smallest absolute Gasteiger partial charge is 0.129 e. The van der Waals surface area contributed by atoms with E-state index < -0.39 is 0 Å². The zero-order valence-electron chi connectivity index (χ0n) is 15.0. The zero-order valence-corrected chi connectivity index (χ0v) is 15.0. The third kappa shape index (κ3) is 4.49. The molecule has 23 heavy (non-hydrogen) atoms. The number of ether oxygens (including phenoxy) is 2. The van der Waals surface area contributed by atoms with Crippen molar-refractivity contribution in [3.8, 4) is 11.5 Å². The second-order valence-electron chi connectivity index (χ2n) is 5.51. The molecule has 1 aromatic rings. The Kier molecular flexibility index (Phi) is 8.13. The van der Waals surface area contributed by atoms with Crippen molar-refractivity contribution in [2.75, 3.05) is 13.2 Å². The molecule has 0 saturated heterocycles. The third-order valence-electron chi connectivity index (χ3n) is 4.09. The molecule has 130 valence electrons. The molecule has 0 fully saturated rings. The Morgan fingerprint density at radius 2 is 1.43 bits per heavy atom. The summed E-state index contributed by atoms with van der Waals surface area (Å²) in [5, 5.41) is 19.6. The molecule has 0 saturated carbocycles. The van der Waals surface area contributed by atoms with Gasteiger partial charge in [0, 0.05) is 16.7 Å². The standard InChI is InChI=1S/C19H30O4/c1-6-13(4)9-10-15-14(5)18(22-7-2)16(11-20)17(12-21)19(15)23-8-3/h9,20-21H,6-8,10-12H2,1-5H3/b13-9+. The van der Waals surface area contributed by atoms with Gasteiger partial charge in [0.15, 0.2) is 0 Å². The third-order valence-corrected chi connectivity index (χ3v) is 4.09. The van der Waals surface area contributed by atoms with Crippen LogP contribution in [0.3, 0.4) is 0 Å². The van der Waals surface area contributed by atoms with Gasteiger partial charge in [-0.2, -0.15) is 0 Å². The monoisotopic (exact) mass is 322 g/mol. The van der Waals surface area contributed by atoms with Crippen LogP contribution in [0.4, 0.5) is 0 Å². The first-order valence-electron chi connectivity index (χ1n) is 8.35. The van der Waals surface area contributed by atoms with Crippen molar-refractivity contribution < 1.29 is 19.7 Å². The number of rotatable bonds is 9. The van der Waals surface area contributed by atoms with E-state index >= 15 is 0 Å². The lowest BCUT2D eigenvalue weighted by molar-refractivity contribution is 0.239. The van der Waals surface area contributed by atoms with E-state index in [-0.39, 0.29) is 13.2 Å². The lowest BCUT2D eigenvalue weighted by Crippen LogP contribution is -2.10. The van der Waals surface area contributed by atoms with Crippen LogP contribution in [0.15, 0.2) is 11.6 Å². The largest absolute Gasteiger partial charge is 0.493 e. The van der Waals surface area contributed by atoms with E-state index in [1.807, 2.05) is 20.8 Å². The first kappa shape index (κ1) is 19.5. The van der Waals surface area contributed by atoms with Crippen LogP contribution in [0.5, 0.6) is 11.5 Å². The van der Waals surface area contributed by atoms with Gasteiger partial charge in [0.05, 0.1) is 26.4 Å². The van der Waals surface area contributed by atoms with Crippen molar-refractivity contribution in [2.24, 2.45) is 0 Å². The average Bonchev–Trinajstić information content (AvgIpc) is 2.56. The maximum Gasteiger partial charge on any atom is 0.129 e. The summed E-state index contributed by atoms with van der Waals surface area (Å²) < 4.78 is 11.6. The van der Waals surface area contributed by atoms with Crippen molar-refractivity contribution in [1.29, 1.82) is 0 Å². The molecule has 0 aliphatic rings. The number of aliphatic hydroxyl groups is 2. The van der Waals surface area contributed by atoms with Crippen LogP contribution < -0.4 is 9.47 Å². The van der Waals surface area contributed by atoms with Crippen LogP contribution in [0.25, 0.3) is 0 Å². The van der Waals surface area contributed by atoms with Gasteiger partial charge >= 0.3 is 0 Å². The molecule has 0 atom stereocenters. The van der Waals surface area contributed by atoms with E-state index in [0.717, 1.165) is 24.0 Å². The van der Waals surface area contributed by atoms with Crippen molar-refractivity contribution in [2.45, 2.75) is 60.7 Å². The second-order valence-corrected chi connectivity index (χ2v) is 5.51. The maximum atomic E-state index is 9.83. The topological polar surface area (TPSA) is 58.9 Å².